The second kappa shape index (κ2) is 6.78. The van der Waals surface area contributed by atoms with Gasteiger partial charge in [-0.2, -0.15) is 5.26 Å². The molecule has 3 nitrogen and oxygen atoms in total. The van der Waals surface area contributed by atoms with E-state index in [1.165, 1.54) is 16.7 Å². The summed E-state index contributed by atoms with van der Waals surface area (Å²) in [6.07, 6.45) is 9.41. The lowest BCUT2D eigenvalue weighted by molar-refractivity contribution is -0.115. The van der Waals surface area contributed by atoms with Crippen LogP contribution < -0.4 is 0 Å². The van der Waals surface area contributed by atoms with Crippen LogP contribution in [-0.2, 0) is 11.2 Å². The van der Waals surface area contributed by atoms with Gasteiger partial charge in [-0.15, -0.1) is 0 Å². The van der Waals surface area contributed by atoms with E-state index in [0.717, 1.165) is 43.3 Å². The standard InChI is InChI=1S/C28H31NO2/c1-18-4-6-20(7-5-18)16-27-12-8-21(30)15-25(27)19(2)14-22-23-10-13-28(31,17-29)26(23,3)11-9-24(22)27/h4-7,9,15,22-23,31H,2,8,10-14,16H2,1,3H3/t22-,23-,26-,27-,28-/m0/s1. The molecular formula is C28H31NO2. The summed E-state index contributed by atoms with van der Waals surface area (Å²) in [4.78, 5) is 12.4. The number of allylic oxidation sites excluding steroid dienone is 5. The van der Waals surface area contributed by atoms with Crippen LogP contribution in [0.1, 0.15) is 56.6 Å². The second-order valence-electron chi connectivity index (χ2n) is 10.6. The molecule has 0 unspecified atom stereocenters. The zero-order valence-electron chi connectivity index (χ0n) is 18.6. The summed E-state index contributed by atoms with van der Waals surface area (Å²) in [6, 6.07) is 11.0. The summed E-state index contributed by atoms with van der Waals surface area (Å²) in [6.45, 7) is 8.65. The lowest BCUT2D eigenvalue weighted by atomic mass is 9.48. The van der Waals surface area contributed by atoms with Crippen molar-refractivity contribution < 1.29 is 9.90 Å². The topological polar surface area (TPSA) is 61.1 Å². The van der Waals surface area contributed by atoms with Gasteiger partial charge in [-0.3, -0.25) is 4.79 Å². The molecule has 1 aromatic carbocycles. The van der Waals surface area contributed by atoms with Crippen LogP contribution in [0.5, 0.6) is 0 Å². The largest absolute Gasteiger partial charge is 0.375 e. The van der Waals surface area contributed by atoms with Crippen molar-refractivity contribution >= 4 is 5.78 Å². The molecule has 160 valence electrons. The van der Waals surface area contributed by atoms with Gasteiger partial charge in [-0.1, -0.05) is 60.6 Å². The van der Waals surface area contributed by atoms with E-state index in [-0.39, 0.29) is 23.0 Å². The van der Waals surface area contributed by atoms with Gasteiger partial charge in [0.2, 0.25) is 0 Å². The summed E-state index contributed by atoms with van der Waals surface area (Å²) < 4.78 is 0. The lowest BCUT2D eigenvalue weighted by Gasteiger charge is -2.55. The highest BCUT2D eigenvalue weighted by Gasteiger charge is 2.63. The molecule has 0 amide bonds. The van der Waals surface area contributed by atoms with Gasteiger partial charge in [0.25, 0.3) is 0 Å². The molecule has 4 aliphatic rings. The Morgan fingerprint density at radius 1 is 1.26 bits per heavy atom. The molecule has 1 N–H and O–H groups in total. The third kappa shape index (κ3) is 2.77. The van der Waals surface area contributed by atoms with Crippen LogP contribution in [0, 0.1) is 40.9 Å². The Bertz CT molecular complexity index is 1070. The van der Waals surface area contributed by atoms with Gasteiger partial charge >= 0.3 is 0 Å². The molecule has 2 fully saturated rings. The summed E-state index contributed by atoms with van der Waals surface area (Å²) in [5.41, 5.74) is 4.28. The highest BCUT2D eigenvalue weighted by Crippen LogP contribution is 2.66. The average Bonchev–Trinajstić information content (AvgIpc) is 3.03. The molecule has 0 aliphatic heterocycles. The molecular weight excluding hydrogens is 382 g/mol. The number of fused-ring (bicyclic) bond motifs is 5. The Morgan fingerprint density at radius 2 is 2.00 bits per heavy atom. The molecule has 0 bridgehead atoms. The Hall–Kier alpha value is -2.44. The Balaban J connectivity index is 1.65. The minimum Gasteiger partial charge on any atom is -0.375 e. The van der Waals surface area contributed by atoms with Crippen molar-refractivity contribution in [3.8, 4) is 6.07 Å². The Kier molecular flexibility index (Phi) is 4.47. The molecule has 0 radical (unpaired) electrons. The van der Waals surface area contributed by atoms with Crippen molar-refractivity contribution in [3.63, 3.8) is 0 Å². The van der Waals surface area contributed by atoms with Crippen LogP contribution in [0.25, 0.3) is 0 Å². The molecule has 0 saturated heterocycles. The number of hydrogen-bond donors (Lipinski definition) is 1. The summed E-state index contributed by atoms with van der Waals surface area (Å²) in [5.74, 6) is 0.752. The number of benzene rings is 1. The van der Waals surface area contributed by atoms with Crippen molar-refractivity contribution in [3.05, 3.63) is 70.8 Å². The van der Waals surface area contributed by atoms with E-state index in [0.29, 0.717) is 12.8 Å². The van der Waals surface area contributed by atoms with Gasteiger partial charge in [0.05, 0.1) is 6.07 Å². The second-order valence-corrected chi connectivity index (χ2v) is 10.6. The van der Waals surface area contributed by atoms with Crippen LogP contribution >= 0.6 is 0 Å². The molecule has 5 rings (SSSR count). The number of hydrogen-bond acceptors (Lipinski definition) is 3. The molecule has 5 atom stereocenters. The molecule has 0 heterocycles. The van der Waals surface area contributed by atoms with Gasteiger partial charge in [0.15, 0.2) is 11.4 Å². The van der Waals surface area contributed by atoms with E-state index in [9.17, 15) is 15.2 Å². The summed E-state index contributed by atoms with van der Waals surface area (Å²) in [7, 11) is 0. The van der Waals surface area contributed by atoms with E-state index in [4.69, 9.17) is 0 Å². The minimum atomic E-state index is -1.26. The number of nitriles is 1. The van der Waals surface area contributed by atoms with Crippen molar-refractivity contribution in [2.24, 2.45) is 22.7 Å². The zero-order chi connectivity index (χ0) is 22.0. The zero-order valence-corrected chi connectivity index (χ0v) is 18.6. The number of carbonyl (C=O) groups excluding carboxylic acids is 1. The maximum absolute atomic E-state index is 12.4. The van der Waals surface area contributed by atoms with E-state index < -0.39 is 11.0 Å². The van der Waals surface area contributed by atoms with Crippen molar-refractivity contribution in [1.82, 2.24) is 0 Å². The number of rotatable bonds is 2. The number of aryl methyl sites for hydroxylation is 1. The van der Waals surface area contributed by atoms with Gasteiger partial charge < -0.3 is 5.11 Å². The third-order valence-corrected chi connectivity index (χ3v) is 9.04. The SMILES string of the molecule is C=C1C[C@@H]2C(=CC[C@@]3(C)[C@H]2CC[C@]3(O)C#N)[C@@]2(Cc3ccc(C)cc3)CCC(=O)C=C12. The van der Waals surface area contributed by atoms with E-state index in [1.807, 2.05) is 6.08 Å². The van der Waals surface area contributed by atoms with Gasteiger partial charge in [-0.25, -0.2) is 0 Å². The summed E-state index contributed by atoms with van der Waals surface area (Å²) in [5, 5.41) is 20.9. The van der Waals surface area contributed by atoms with Crippen molar-refractivity contribution in [2.75, 3.05) is 0 Å². The van der Waals surface area contributed by atoms with Crippen molar-refractivity contribution in [2.45, 2.75) is 64.4 Å². The number of ketones is 1. The average molecular weight is 414 g/mol. The fraction of sp³-hybridized carbons (Fsp3) is 0.500. The predicted octanol–water partition coefficient (Wildman–Crippen LogP) is 5.39. The first-order valence-electron chi connectivity index (χ1n) is 11.6. The fourth-order valence-corrected chi connectivity index (χ4v) is 7.22. The minimum absolute atomic E-state index is 0.197. The van der Waals surface area contributed by atoms with Gasteiger partial charge in [0.1, 0.15) is 0 Å². The number of nitrogens with zero attached hydrogens (tertiary/aromatic N) is 1. The smallest absolute Gasteiger partial charge is 0.156 e. The van der Waals surface area contributed by atoms with Crippen LogP contribution in [0.2, 0.25) is 0 Å². The molecule has 3 heteroatoms. The predicted molar refractivity (Wildman–Crippen MR) is 121 cm³/mol. The first-order valence-corrected chi connectivity index (χ1v) is 11.6. The van der Waals surface area contributed by atoms with E-state index >= 15 is 0 Å². The van der Waals surface area contributed by atoms with Gasteiger partial charge in [-0.05, 0) is 74.5 Å². The number of aliphatic hydroxyl groups is 1. The highest BCUT2D eigenvalue weighted by molar-refractivity contribution is 5.93. The van der Waals surface area contributed by atoms with Crippen LogP contribution in [0.4, 0.5) is 0 Å². The Labute approximate surface area is 185 Å². The Morgan fingerprint density at radius 3 is 2.71 bits per heavy atom. The molecule has 4 aliphatic carbocycles. The van der Waals surface area contributed by atoms with Crippen LogP contribution in [0.3, 0.4) is 0 Å². The fourth-order valence-electron chi connectivity index (χ4n) is 7.22. The molecule has 0 spiro atoms. The monoisotopic (exact) mass is 413 g/mol. The first kappa shape index (κ1) is 20.5. The lowest BCUT2D eigenvalue weighted by Crippen LogP contribution is -2.51. The summed E-state index contributed by atoms with van der Waals surface area (Å²) >= 11 is 0. The maximum atomic E-state index is 12.4. The van der Waals surface area contributed by atoms with E-state index in [1.54, 1.807) is 0 Å². The molecule has 2 saturated carbocycles. The third-order valence-electron chi connectivity index (χ3n) is 9.04. The molecule has 31 heavy (non-hydrogen) atoms. The molecule has 1 aromatic rings. The van der Waals surface area contributed by atoms with Crippen LogP contribution in [0.15, 0.2) is 59.7 Å². The van der Waals surface area contributed by atoms with Crippen LogP contribution in [-0.4, -0.2) is 16.5 Å². The number of carbonyl (C=O) groups is 1. The maximum Gasteiger partial charge on any atom is 0.156 e. The van der Waals surface area contributed by atoms with Gasteiger partial charge in [0, 0.05) is 17.3 Å². The van der Waals surface area contributed by atoms with Crippen molar-refractivity contribution in [1.29, 1.82) is 5.26 Å². The quantitative estimate of drug-likeness (QED) is 0.522. The highest BCUT2D eigenvalue weighted by atomic mass is 16.3. The molecule has 0 aromatic heterocycles. The first-order chi connectivity index (χ1) is 14.7. The normalized spacial score (nSPS) is 39.0. The van der Waals surface area contributed by atoms with E-state index in [2.05, 4.69) is 56.8 Å².